The number of nitrogens with two attached hydrogens (primary N) is 1. The molecule has 1 amide bonds. The largest absolute Gasteiger partial charge is 0.330 e. The number of carbonyl (C=O) groups excluding carboxylic acids is 1. The van der Waals surface area contributed by atoms with Crippen LogP contribution in [0.5, 0.6) is 0 Å². The summed E-state index contributed by atoms with van der Waals surface area (Å²) in [5.74, 6) is 0.323. The van der Waals surface area contributed by atoms with Gasteiger partial charge in [0.1, 0.15) is 0 Å². The lowest BCUT2D eigenvalue weighted by Crippen LogP contribution is -2.29. The first-order valence-corrected chi connectivity index (χ1v) is 6.57. The number of hydrogen-bond donors (Lipinski definition) is 1. The van der Waals surface area contributed by atoms with Gasteiger partial charge in [0.25, 0.3) is 0 Å². The molecule has 0 aromatic heterocycles. The van der Waals surface area contributed by atoms with Gasteiger partial charge in [-0.2, -0.15) is 0 Å². The van der Waals surface area contributed by atoms with Gasteiger partial charge in [-0.15, -0.1) is 0 Å². The van der Waals surface area contributed by atoms with Crippen molar-refractivity contribution < 1.29 is 4.79 Å². The van der Waals surface area contributed by atoms with E-state index in [1.165, 1.54) is 5.39 Å². The molecular formula is C16H20N2O. The van der Waals surface area contributed by atoms with E-state index in [1.807, 2.05) is 44.3 Å². The molecule has 1 unspecified atom stereocenters. The summed E-state index contributed by atoms with van der Waals surface area (Å²) in [7, 11) is 1.82. The molecule has 0 heterocycles. The van der Waals surface area contributed by atoms with Gasteiger partial charge in [0.2, 0.25) is 5.91 Å². The van der Waals surface area contributed by atoms with E-state index < -0.39 is 0 Å². The fraction of sp³-hybridized carbons (Fsp3) is 0.312. The number of anilines is 1. The summed E-state index contributed by atoms with van der Waals surface area (Å²) in [6.45, 7) is 2.53. The predicted molar refractivity (Wildman–Crippen MR) is 80.2 cm³/mol. The second-order valence-corrected chi connectivity index (χ2v) is 5.03. The van der Waals surface area contributed by atoms with E-state index in [0.29, 0.717) is 13.0 Å². The Morgan fingerprint density at radius 2 is 1.89 bits per heavy atom. The summed E-state index contributed by atoms with van der Waals surface area (Å²) in [4.78, 5) is 13.8. The summed E-state index contributed by atoms with van der Waals surface area (Å²) in [5, 5.41) is 2.33. The SMILES string of the molecule is CC(CN)CC(=O)N(C)c1ccc2ccccc2c1. The second-order valence-electron chi connectivity index (χ2n) is 5.03. The Hall–Kier alpha value is -1.87. The van der Waals surface area contributed by atoms with Crippen LogP contribution >= 0.6 is 0 Å². The van der Waals surface area contributed by atoms with Crippen LogP contribution < -0.4 is 10.6 Å². The summed E-state index contributed by atoms with van der Waals surface area (Å²) in [6, 6.07) is 14.2. The minimum Gasteiger partial charge on any atom is -0.330 e. The maximum atomic E-state index is 12.1. The monoisotopic (exact) mass is 256 g/mol. The van der Waals surface area contributed by atoms with Crippen molar-refractivity contribution in [3.63, 3.8) is 0 Å². The van der Waals surface area contributed by atoms with Crippen molar-refractivity contribution in [2.75, 3.05) is 18.5 Å². The van der Waals surface area contributed by atoms with Crippen LogP contribution in [0.3, 0.4) is 0 Å². The van der Waals surface area contributed by atoms with Crippen LogP contribution in [0.4, 0.5) is 5.69 Å². The van der Waals surface area contributed by atoms with E-state index in [2.05, 4.69) is 12.1 Å². The molecule has 0 aliphatic carbocycles. The zero-order chi connectivity index (χ0) is 13.8. The average Bonchev–Trinajstić information content (AvgIpc) is 2.45. The van der Waals surface area contributed by atoms with Gasteiger partial charge in [-0.25, -0.2) is 0 Å². The normalized spacial score (nSPS) is 12.4. The van der Waals surface area contributed by atoms with Crippen molar-refractivity contribution in [2.24, 2.45) is 11.7 Å². The lowest BCUT2D eigenvalue weighted by Gasteiger charge is -2.19. The van der Waals surface area contributed by atoms with E-state index in [-0.39, 0.29) is 11.8 Å². The van der Waals surface area contributed by atoms with Crippen molar-refractivity contribution in [1.82, 2.24) is 0 Å². The molecule has 0 aliphatic rings. The average molecular weight is 256 g/mol. The molecule has 19 heavy (non-hydrogen) atoms. The first-order valence-electron chi connectivity index (χ1n) is 6.57. The van der Waals surface area contributed by atoms with Crippen molar-refractivity contribution >= 4 is 22.4 Å². The fourth-order valence-corrected chi connectivity index (χ4v) is 2.05. The number of fused-ring (bicyclic) bond motifs is 1. The quantitative estimate of drug-likeness (QED) is 0.914. The molecule has 0 radical (unpaired) electrons. The van der Waals surface area contributed by atoms with E-state index in [1.54, 1.807) is 4.90 Å². The number of benzene rings is 2. The van der Waals surface area contributed by atoms with Gasteiger partial charge in [-0.3, -0.25) is 4.79 Å². The van der Waals surface area contributed by atoms with Crippen LogP contribution in [0.2, 0.25) is 0 Å². The zero-order valence-electron chi connectivity index (χ0n) is 11.5. The minimum atomic E-state index is 0.105. The van der Waals surface area contributed by atoms with Crippen molar-refractivity contribution in [3.8, 4) is 0 Å². The maximum Gasteiger partial charge on any atom is 0.227 e. The number of hydrogen-bond acceptors (Lipinski definition) is 2. The van der Waals surface area contributed by atoms with Crippen molar-refractivity contribution in [3.05, 3.63) is 42.5 Å². The highest BCUT2D eigenvalue weighted by Gasteiger charge is 2.14. The van der Waals surface area contributed by atoms with Crippen molar-refractivity contribution in [1.29, 1.82) is 0 Å². The van der Waals surface area contributed by atoms with Gasteiger partial charge in [0.15, 0.2) is 0 Å². The highest BCUT2D eigenvalue weighted by atomic mass is 16.2. The summed E-state index contributed by atoms with van der Waals surface area (Å²) in [5.41, 5.74) is 6.49. The third kappa shape index (κ3) is 3.12. The maximum absolute atomic E-state index is 12.1. The summed E-state index contributed by atoms with van der Waals surface area (Å²) < 4.78 is 0. The van der Waals surface area contributed by atoms with E-state index in [9.17, 15) is 4.79 Å². The molecule has 0 saturated heterocycles. The molecule has 0 aliphatic heterocycles. The van der Waals surface area contributed by atoms with Gasteiger partial charge in [-0.1, -0.05) is 37.3 Å². The van der Waals surface area contributed by atoms with Crippen LogP contribution in [-0.2, 0) is 4.79 Å². The first kappa shape index (κ1) is 13.6. The van der Waals surface area contributed by atoms with Crippen LogP contribution in [0.15, 0.2) is 42.5 Å². The molecule has 2 aromatic carbocycles. The third-order valence-corrected chi connectivity index (χ3v) is 3.42. The van der Waals surface area contributed by atoms with Crippen LogP contribution in [-0.4, -0.2) is 19.5 Å². The molecule has 1 atom stereocenters. The topological polar surface area (TPSA) is 46.3 Å². The number of nitrogens with zero attached hydrogens (tertiary/aromatic N) is 1. The molecule has 2 rings (SSSR count). The fourth-order valence-electron chi connectivity index (χ4n) is 2.05. The highest BCUT2D eigenvalue weighted by Crippen LogP contribution is 2.22. The Labute approximate surface area is 114 Å². The van der Waals surface area contributed by atoms with E-state index in [0.717, 1.165) is 11.1 Å². The van der Waals surface area contributed by atoms with Crippen LogP contribution in [0, 0.1) is 5.92 Å². The molecule has 0 fully saturated rings. The van der Waals surface area contributed by atoms with Gasteiger partial charge in [0.05, 0.1) is 0 Å². The van der Waals surface area contributed by atoms with Gasteiger partial charge < -0.3 is 10.6 Å². The molecule has 100 valence electrons. The van der Waals surface area contributed by atoms with Crippen molar-refractivity contribution in [2.45, 2.75) is 13.3 Å². The highest BCUT2D eigenvalue weighted by molar-refractivity contribution is 5.96. The lowest BCUT2D eigenvalue weighted by atomic mass is 10.1. The zero-order valence-corrected chi connectivity index (χ0v) is 11.5. The van der Waals surface area contributed by atoms with Gasteiger partial charge in [-0.05, 0) is 35.4 Å². The van der Waals surface area contributed by atoms with Crippen LogP contribution in [0.1, 0.15) is 13.3 Å². The molecule has 0 spiro atoms. The second kappa shape index (κ2) is 5.85. The Kier molecular flexibility index (Phi) is 4.17. The van der Waals surface area contributed by atoms with E-state index in [4.69, 9.17) is 5.73 Å². The first-order chi connectivity index (χ1) is 9.11. The molecule has 2 N–H and O–H groups in total. The number of carbonyl (C=O) groups is 1. The number of amides is 1. The molecule has 2 aromatic rings. The molecular weight excluding hydrogens is 236 g/mol. The molecule has 0 bridgehead atoms. The Morgan fingerprint density at radius 3 is 2.58 bits per heavy atom. The van der Waals surface area contributed by atoms with E-state index >= 15 is 0 Å². The van der Waals surface area contributed by atoms with Crippen LogP contribution in [0.25, 0.3) is 10.8 Å². The Balaban J connectivity index is 2.21. The minimum absolute atomic E-state index is 0.105. The summed E-state index contributed by atoms with van der Waals surface area (Å²) >= 11 is 0. The lowest BCUT2D eigenvalue weighted by molar-refractivity contribution is -0.119. The summed E-state index contributed by atoms with van der Waals surface area (Å²) in [6.07, 6.45) is 0.486. The Morgan fingerprint density at radius 1 is 1.21 bits per heavy atom. The Bertz CT molecular complexity index is 580. The number of rotatable bonds is 4. The smallest absolute Gasteiger partial charge is 0.227 e. The standard InChI is InChI=1S/C16H20N2O/c1-12(11-17)9-16(19)18(2)15-8-7-13-5-3-4-6-14(13)10-15/h3-8,10,12H,9,11,17H2,1-2H3. The molecule has 3 nitrogen and oxygen atoms in total. The predicted octanol–water partition coefficient (Wildman–Crippen LogP) is 2.79. The van der Waals surface area contributed by atoms with Gasteiger partial charge >= 0.3 is 0 Å². The third-order valence-electron chi connectivity index (χ3n) is 3.42. The molecule has 3 heteroatoms. The van der Waals surface area contributed by atoms with Gasteiger partial charge in [0, 0.05) is 19.2 Å². The molecule has 0 saturated carbocycles.